The van der Waals surface area contributed by atoms with Gasteiger partial charge >= 0.3 is 0 Å². The summed E-state index contributed by atoms with van der Waals surface area (Å²) in [6.07, 6.45) is 0. The lowest BCUT2D eigenvalue weighted by Gasteiger charge is -2.09. The van der Waals surface area contributed by atoms with E-state index in [1.54, 1.807) is 34.8 Å². The highest BCUT2D eigenvalue weighted by Gasteiger charge is 2.21. The van der Waals surface area contributed by atoms with Gasteiger partial charge in [0, 0.05) is 41.6 Å². The normalized spacial score (nSPS) is 11.9. The number of hydrogen-bond donors (Lipinski definition) is 0. The molecule has 0 saturated heterocycles. The van der Waals surface area contributed by atoms with Crippen molar-refractivity contribution in [3.05, 3.63) is 52.4 Å². The summed E-state index contributed by atoms with van der Waals surface area (Å²) in [6, 6.07) is 7.28. The third-order valence-corrected chi connectivity index (χ3v) is 12.5. The molecule has 1 aromatic carbocycles. The van der Waals surface area contributed by atoms with E-state index in [9.17, 15) is 8.78 Å². The molecule has 0 bridgehead atoms. The Morgan fingerprint density at radius 2 is 0.964 bits per heavy atom. The van der Waals surface area contributed by atoms with Crippen LogP contribution in [0.1, 0.15) is 0 Å². The topological polar surface area (TPSA) is 0 Å². The Morgan fingerprint density at radius 3 is 1.32 bits per heavy atom. The third kappa shape index (κ3) is 3.23. The molecule has 0 unspecified atom stereocenters. The van der Waals surface area contributed by atoms with Gasteiger partial charge in [-0.2, -0.15) is 8.78 Å². The highest BCUT2D eigenvalue weighted by molar-refractivity contribution is 9.11. The Kier molecular flexibility index (Phi) is 5.40. The molecule has 5 aromatic rings. The van der Waals surface area contributed by atoms with E-state index < -0.39 is 0 Å². The van der Waals surface area contributed by atoms with Gasteiger partial charge < -0.3 is 0 Å². The summed E-state index contributed by atoms with van der Waals surface area (Å²) in [5.41, 5.74) is 2.05. The monoisotopic (exact) mass is 702 g/mol. The van der Waals surface area contributed by atoms with Crippen molar-refractivity contribution in [3.63, 3.8) is 0 Å². The van der Waals surface area contributed by atoms with Crippen molar-refractivity contribution in [1.82, 2.24) is 0 Å². The van der Waals surface area contributed by atoms with Crippen LogP contribution in [-0.2, 0) is 0 Å². The minimum absolute atomic E-state index is 0.178. The van der Waals surface area contributed by atoms with E-state index in [0.717, 1.165) is 80.2 Å². The second kappa shape index (κ2) is 7.47. The smallest absolute Gasteiger partial charge is 0.178 e. The van der Waals surface area contributed by atoms with Crippen LogP contribution in [0.2, 0.25) is 0 Å². The van der Waals surface area contributed by atoms with Crippen LogP contribution < -0.4 is 0 Å². The molecule has 5 rings (SSSR count). The fraction of sp³-hybridized carbons (Fsp3) is 0. The first kappa shape index (κ1) is 20.2. The maximum absolute atomic E-state index is 13.5. The van der Waals surface area contributed by atoms with Gasteiger partial charge in [-0.15, -0.1) is 45.3 Å². The van der Waals surface area contributed by atoms with Crippen LogP contribution in [0.3, 0.4) is 0 Å². The molecule has 0 saturated carbocycles. The van der Waals surface area contributed by atoms with E-state index >= 15 is 0 Å². The molecule has 4 aromatic heterocycles. The van der Waals surface area contributed by atoms with Gasteiger partial charge in [-0.25, -0.2) is 0 Å². The minimum atomic E-state index is -0.178. The van der Waals surface area contributed by atoms with Crippen molar-refractivity contribution < 1.29 is 8.78 Å². The molecule has 0 spiro atoms. The fourth-order valence-electron chi connectivity index (χ4n) is 2.91. The summed E-state index contributed by atoms with van der Waals surface area (Å²) >= 11 is 20.1. The van der Waals surface area contributed by atoms with Gasteiger partial charge in [0.2, 0.25) is 0 Å². The highest BCUT2D eigenvalue weighted by atomic mass is 79.9. The number of halogens is 6. The molecule has 4 heterocycles. The Hall–Kier alpha value is 0.320. The quantitative estimate of drug-likeness (QED) is 0.172. The zero-order chi connectivity index (χ0) is 19.7. The molecule has 0 aliphatic rings. The minimum Gasteiger partial charge on any atom is -0.195 e. The molecule has 0 radical (unpaired) electrons. The zero-order valence-electron chi connectivity index (χ0n) is 13.2. The van der Waals surface area contributed by atoms with Crippen LogP contribution in [0.15, 0.2) is 42.2 Å². The number of fused-ring (bicyclic) bond motifs is 2. The Morgan fingerprint density at radius 1 is 0.571 bits per heavy atom. The summed E-state index contributed by atoms with van der Waals surface area (Å²) < 4.78 is 34.5. The van der Waals surface area contributed by atoms with Crippen LogP contribution in [0, 0.1) is 10.3 Å². The van der Waals surface area contributed by atoms with Crippen molar-refractivity contribution in [1.29, 1.82) is 0 Å². The average molecular weight is 706 g/mol. The van der Waals surface area contributed by atoms with Crippen molar-refractivity contribution in [2.75, 3.05) is 0 Å². The molecule has 0 amide bonds. The lowest BCUT2D eigenvalue weighted by Crippen LogP contribution is -1.83. The van der Waals surface area contributed by atoms with Gasteiger partial charge in [0.25, 0.3) is 0 Å². The molecular weight excluding hydrogens is 702 g/mol. The first-order valence-electron chi connectivity index (χ1n) is 7.58. The van der Waals surface area contributed by atoms with Gasteiger partial charge in [0.15, 0.2) is 10.3 Å². The highest BCUT2D eigenvalue weighted by Crippen LogP contribution is 2.51. The van der Waals surface area contributed by atoms with Crippen molar-refractivity contribution in [2.45, 2.75) is 0 Å². The van der Waals surface area contributed by atoms with E-state index in [-0.39, 0.29) is 10.3 Å². The molecule has 28 heavy (non-hydrogen) atoms. The predicted octanol–water partition coefficient (Wildman–Crippen LogP) is 10.9. The molecule has 0 atom stereocenters. The van der Waals surface area contributed by atoms with Gasteiger partial charge in [0.1, 0.15) is 0 Å². The molecule has 0 fully saturated rings. The van der Waals surface area contributed by atoms with E-state index in [4.69, 9.17) is 0 Å². The molecule has 0 nitrogen and oxygen atoms in total. The first-order chi connectivity index (χ1) is 13.3. The van der Waals surface area contributed by atoms with Crippen LogP contribution >= 0.6 is 109 Å². The molecule has 0 N–H and O–H groups in total. The van der Waals surface area contributed by atoms with E-state index in [1.165, 1.54) is 0 Å². The second-order valence-corrected chi connectivity index (χ2v) is 13.2. The third-order valence-electron chi connectivity index (χ3n) is 4.10. The number of hydrogen-bond acceptors (Lipinski definition) is 4. The van der Waals surface area contributed by atoms with Gasteiger partial charge in [0.05, 0.1) is 28.1 Å². The Balaban J connectivity index is 1.67. The van der Waals surface area contributed by atoms with Gasteiger partial charge in [-0.1, -0.05) is 31.9 Å². The molecular formula is C18H4Br4F2S4. The van der Waals surface area contributed by atoms with E-state index in [1.807, 2.05) is 0 Å². The Bertz CT molecular complexity index is 1290. The van der Waals surface area contributed by atoms with Crippen LogP contribution in [0.4, 0.5) is 8.78 Å². The first-order valence-corrected chi connectivity index (χ1v) is 14.0. The van der Waals surface area contributed by atoms with E-state index in [2.05, 4.69) is 75.9 Å². The maximum atomic E-state index is 13.5. The van der Waals surface area contributed by atoms with Crippen LogP contribution in [-0.4, -0.2) is 0 Å². The summed E-state index contributed by atoms with van der Waals surface area (Å²) in [4.78, 5) is 2.10. The van der Waals surface area contributed by atoms with Gasteiger partial charge in [-0.05, 0) is 44.0 Å². The summed E-state index contributed by atoms with van der Waals surface area (Å²) in [5, 5.41) is -0.355. The van der Waals surface area contributed by atoms with Crippen LogP contribution in [0.25, 0.3) is 39.7 Å². The number of benzene rings is 1. The fourth-order valence-corrected chi connectivity index (χ4v) is 10.7. The van der Waals surface area contributed by atoms with Crippen molar-refractivity contribution in [3.8, 4) is 20.9 Å². The maximum Gasteiger partial charge on any atom is 0.178 e. The van der Waals surface area contributed by atoms with Crippen molar-refractivity contribution in [2.24, 2.45) is 0 Å². The summed E-state index contributed by atoms with van der Waals surface area (Å²) in [7, 11) is 0. The van der Waals surface area contributed by atoms with Gasteiger partial charge in [-0.3, -0.25) is 0 Å². The predicted molar refractivity (Wildman–Crippen MR) is 135 cm³/mol. The van der Waals surface area contributed by atoms with Crippen LogP contribution in [0.5, 0.6) is 0 Å². The largest absolute Gasteiger partial charge is 0.195 e. The van der Waals surface area contributed by atoms with E-state index in [0.29, 0.717) is 0 Å². The van der Waals surface area contributed by atoms with Crippen molar-refractivity contribution >= 4 is 128 Å². The summed E-state index contributed by atoms with van der Waals surface area (Å²) in [6.45, 7) is 0. The molecule has 142 valence electrons. The zero-order valence-corrected chi connectivity index (χ0v) is 22.8. The lowest BCUT2D eigenvalue weighted by molar-refractivity contribution is 0.658. The summed E-state index contributed by atoms with van der Waals surface area (Å²) in [5.74, 6) is 0. The molecule has 0 aliphatic carbocycles. The molecule has 0 aliphatic heterocycles. The second-order valence-electron chi connectivity index (χ2n) is 5.79. The standard InChI is InChI=1S/C18H4Br4F2S4/c19-7-1-5(15-13(21)17-9(25-15)3-11(23)27-17)8(20)2-6(7)16-14(22)18-10(26-16)4-12(24)28-18/h1-4H. The number of thiophene rings is 4. The SMILES string of the molecule is Fc1cc2sc(-c3cc(Br)c(-c4sc5cc(F)sc5c4Br)cc3Br)c(Br)c2s1. The lowest BCUT2D eigenvalue weighted by atomic mass is 10.1. The number of rotatable bonds is 2. The average Bonchev–Trinajstić information content (AvgIpc) is 3.33. The Labute approximate surface area is 207 Å². The molecule has 10 heteroatoms.